The lowest BCUT2D eigenvalue weighted by molar-refractivity contribution is 0.0588. The molecule has 1 aliphatic rings. The van der Waals surface area contributed by atoms with Crippen molar-refractivity contribution in [1.82, 2.24) is 19.8 Å². The van der Waals surface area contributed by atoms with Crippen LogP contribution < -0.4 is 0 Å². The Bertz CT molecular complexity index is 1290. The molecule has 1 unspecified atom stereocenters. The van der Waals surface area contributed by atoms with Crippen LogP contribution in [0.15, 0.2) is 72.4 Å². The molecule has 0 spiro atoms. The van der Waals surface area contributed by atoms with Gasteiger partial charge in [0, 0.05) is 32.0 Å². The first kappa shape index (κ1) is 23.6. The molecular formula is C28H29FN4OS. The highest BCUT2D eigenvalue weighted by atomic mass is 32.1. The number of halogens is 1. The summed E-state index contributed by atoms with van der Waals surface area (Å²) in [4.78, 5) is 27.0. The summed E-state index contributed by atoms with van der Waals surface area (Å²) >= 11 is 1.45. The van der Waals surface area contributed by atoms with E-state index in [1.807, 2.05) is 47.7 Å². The van der Waals surface area contributed by atoms with Crippen LogP contribution in [0.4, 0.5) is 4.39 Å². The SMILES string of the molecule is CN(C(=O)c1cccs1)C(Cc1ccccc1F)C1CCN(Cc2ccc3nccnc3c2)CC1. The van der Waals surface area contributed by atoms with Crippen LogP contribution >= 0.6 is 11.3 Å². The quantitative estimate of drug-likeness (QED) is 0.348. The van der Waals surface area contributed by atoms with Gasteiger partial charge in [-0.05, 0) is 79.0 Å². The fraction of sp³-hybridized carbons (Fsp3) is 0.321. The van der Waals surface area contributed by atoms with Gasteiger partial charge in [0.05, 0.1) is 15.9 Å². The minimum atomic E-state index is -0.202. The molecule has 0 aliphatic carbocycles. The number of benzene rings is 2. The molecule has 1 saturated heterocycles. The normalized spacial score (nSPS) is 15.8. The van der Waals surface area contributed by atoms with Crippen molar-refractivity contribution in [2.45, 2.75) is 31.8 Å². The van der Waals surface area contributed by atoms with E-state index in [1.165, 1.54) is 23.0 Å². The Morgan fingerprint density at radius 1 is 1.09 bits per heavy atom. The summed E-state index contributed by atoms with van der Waals surface area (Å²) in [5.41, 5.74) is 3.72. The van der Waals surface area contributed by atoms with Crippen molar-refractivity contribution in [1.29, 1.82) is 0 Å². The fourth-order valence-corrected chi connectivity index (χ4v) is 5.80. The Labute approximate surface area is 209 Å². The third kappa shape index (κ3) is 5.41. The van der Waals surface area contributed by atoms with Crippen LogP contribution in [0.3, 0.4) is 0 Å². The van der Waals surface area contributed by atoms with Crippen molar-refractivity contribution in [3.8, 4) is 0 Å². The maximum atomic E-state index is 14.6. The Kier molecular flexibility index (Phi) is 7.16. The van der Waals surface area contributed by atoms with E-state index >= 15 is 0 Å². The van der Waals surface area contributed by atoms with Gasteiger partial charge in [-0.2, -0.15) is 0 Å². The number of nitrogens with zero attached hydrogens (tertiary/aromatic N) is 4. The zero-order valence-corrected chi connectivity index (χ0v) is 20.6. The van der Waals surface area contributed by atoms with Gasteiger partial charge in [-0.15, -0.1) is 11.3 Å². The Morgan fingerprint density at radius 2 is 1.86 bits per heavy atom. The lowest BCUT2D eigenvalue weighted by Crippen LogP contribution is -2.47. The number of amides is 1. The molecule has 2 aromatic heterocycles. The summed E-state index contributed by atoms with van der Waals surface area (Å²) in [6.07, 6.45) is 5.89. The number of hydrogen-bond acceptors (Lipinski definition) is 5. The summed E-state index contributed by atoms with van der Waals surface area (Å²) in [5.74, 6) is 0.120. The maximum Gasteiger partial charge on any atom is 0.263 e. The maximum absolute atomic E-state index is 14.6. The van der Waals surface area contributed by atoms with Gasteiger partial charge in [-0.1, -0.05) is 30.3 Å². The van der Waals surface area contributed by atoms with Gasteiger partial charge in [0.25, 0.3) is 5.91 Å². The second-order valence-corrected chi connectivity index (χ2v) is 10.2. The van der Waals surface area contributed by atoms with E-state index in [4.69, 9.17) is 0 Å². The first-order valence-corrected chi connectivity index (χ1v) is 12.9. The second-order valence-electron chi connectivity index (χ2n) is 9.25. The average Bonchev–Trinajstić information content (AvgIpc) is 3.43. The predicted molar refractivity (Wildman–Crippen MR) is 138 cm³/mol. The number of rotatable bonds is 7. The molecule has 0 N–H and O–H groups in total. The van der Waals surface area contributed by atoms with E-state index in [1.54, 1.807) is 18.5 Å². The molecule has 180 valence electrons. The summed E-state index contributed by atoms with van der Waals surface area (Å²) in [7, 11) is 1.87. The Hall–Kier alpha value is -3.16. The van der Waals surface area contributed by atoms with Crippen LogP contribution in [0.25, 0.3) is 11.0 Å². The third-order valence-corrected chi connectivity index (χ3v) is 7.91. The first-order valence-electron chi connectivity index (χ1n) is 12.0. The van der Waals surface area contributed by atoms with Crippen LogP contribution in [0.5, 0.6) is 0 Å². The zero-order chi connectivity index (χ0) is 24.2. The van der Waals surface area contributed by atoms with Crippen molar-refractivity contribution in [3.05, 3.63) is 94.2 Å². The first-order chi connectivity index (χ1) is 17.1. The average molecular weight is 489 g/mol. The Morgan fingerprint density at radius 3 is 2.60 bits per heavy atom. The van der Waals surface area contributed by atoms with Gasteiger partial charge in [-0.3, -0.25) is 19.7 Å². The number of likely N-dealkylation sites (N-methyl/N-ethyl adjacent to an activating group) is 1. The van der Waals surface area contributed by atoms with Crippen molar-refractivity contribution >= 4 is 28.3 Å². The molecule has 5 rings (SSSR count). The zero-order valence-electron chi connectivity index (χ0n) is 19.8. The summed E-state index contributed by atoms with van der Waals surface area (Å²) < 4.78 is 14.6. The van der Waals surface area contributed by atoms with Crippen LogP contribution in [0.1, 0.15) is 33.6 Å². The van der Waals surface area contributed by atoms with E-state index in [-0.39, 0.29) is 17.8 Å². The number of piperidine rings is 1. The van der Waals surface area contributed by atoms with Crippen LogP contribution in [0, 0.1) is 11.7 Å². The Balaban J connectivity index is 1.29. The van der Waals surface area contributed by atoms with Gasteiger partial charge >= 0.3 is 0 Å². The third-order valence-electron chi connectivity index (χ3n) is 7.05. The van der Waals surface area contributed by atoms with Crippen LogP contribution in [0.2, 0.25) is 0 Å². The van der Waals surface area contributed by atoms with E-state index in [2.05, 4.69) is 27.0 Å². The van der Waals surface area contributed by atoms with E-state index in [9.17, 15) is 9.18 Å². The molecule has 3 heterocycles. The molecule has 7 heteroatoms. The molecule has 4 aromatic rings. The highest BCUT2D eigenvalue weighted by Gasteiger charge is 2.32. The molecule has 1 fully saturated rings. The van der Waals surface area contributed by atoms with Crippen molar-refractivity contribution in [3.63, 3.8) is 0 Å². The van der Waals surface area contributed by atoms with Crippen LogP contribution in [-0.4, -0.2) is 51.9 Å². The minimum absolute atomic E-state index is 0.0149. The topological polar surface area (TPSA) is 49.3 Å². The number of likely N-dealkylation sites (tertiary alicyclic amines) is 1. The van der Waals surface area contributed by atoms with Gasteiger partial charge in [0.1, 0.15) is 5.82 Å². The summed E-state index contributed by atoms with van der Waals surface area (Å²) in [6.45, 7) is 2.75. The summed E-state index contributed by atoms with van der Waals surface area (Å²) in [6, 6.07) is 16.9. The molecule has 0 bridgehead atoms. The molecule has 0 radical (unpaired) electrons. The van der Waals surface area contributed by atoms with Crippen molar-refractivity contribution < 1.29 is 9.18 Å². The smallest absolute Gasteiger partial charge is 0.263 e. The monoisotopic (exact) mass is 488 g/mol. The number of carbonyl (C=O) groups is 1. The molecule has 1 aliphatic heterocycles. The minimum Gasteiger partial charge on any atom is -0.337 e. The van der Waals surface area contributed by atoms with Crippen molar-refractivity contribution in [2.24, 2.45) is 5.92 Å². The van der Waals surface area contributed by atoms with E-state index < -0.39 is 0 Å². The number of hydrogen-bond donors (Lipinski definition) is 0. The van der Waals surface area contributed by atoms with Gasteiger partial charge < -0.3 is 4.90 Å². The molecule has 2 aromatic carbocycles. The molecule has 5 nitrogen and oxygen atoms in total. The highest BCUT2D eigenvalue weighted by Crippen LogP contribution is 2.29. The highest BCUT2D eigenvalue weighted by molar-refractivity contribution is 7.12. The van der Waals surface area contributed by atoms with Gasteiger partial charge in [0.15, 0.2) is 0 Å². The van der Waals surface area contributed by atoms with Crippen molar-refractivity contribution in [2.75, 3.05) is 20.1 Å². The number of aromatic nitrogens is 2. The van der Waals surface area contributed by atoms with Gasteiger partial charge in [0.2, 0.25) is 0 Å². The molecule has 35 heavy (non-hydrogen) atoms. The lowest BCUT2D eigenvalue weighted by Gasteiger charge is -2.40. The predicted octanol–water partition coefficient (Wildman–Crippen LogP) is 5.43. The van der Waals surface area contributed by atoms with Gasteiger partial charge in [-0.25, -0.2) is 4.39 Å². The molecule has 1 amide bonds. The van der Waals surface area contributed by atoms with E-state index in [0.29, 0.717) is 17.9 Å². The fourth-order valence-electron chi connectivity index (χ4n) is 5.09. The number of carbonyl (C=O) groups excluding carboxylic acids is 1. The molecular weight excluding hydrogens is 459 g/mol. The molecule has 0 saturated carbocycles. The second kappa shape index (κ2) is 10.6. The number of thiophene rings is 1. The summed E-state index contributed by atoms with van der Waals surface area (Å²) in [5, 5.41) is 1.92. The standard InChI is InChI=1S/C28H29FN4OS/c1-32(28(34)27-7-4-16-35-27)26(18-22-5-2-3-6-23(22)29)21-10-14-33(15-11-21)19-20-8-9-24-25(17-20)31-13-12-30-24/h2-9,12-13,16-17,21,26H,10-11,14-15,18-19H2,1H3. The van der Waals surface area contributed by atoms with E-state index in [0.717, 1.165) is 48.4 Å². The largest absolute Gasteiger partial charge is 0.337 e. The number of fused-ring (bicyclic) bond motifs is 1. The lowest BCUT2D eigenvalue weighted by atomic mass is 9.84. The van der Waals surface area contributed by atoms with Crippen LogP contribution in [-0.2, 0) is 13.0 Å². The molecule has 1 atom stereocenters.